The van der Waals surface area contributed by atoms with Gasteiger partial charge in [-0.3, -0.25) is 4.79 Å². The van der Waals surface area contributed by atoms with Gasteiger partial charge in [0.25, 0.3) is 0 Å². The first-order chi connectivity index (χ1) is 11.0. The van der Waals surface area contributed by atoms with Crippen LogP contribution >= 0.6 is 0 Å². The summed E-state index contributed by atoms with van der Waals surface area (Å²) in [6.45, 7) is 20.6. The molecule has 1 rings (SSSR count). The Labute approximate surface area is 150 Å². The third-order valence-corrected chi connectivity index (χ3v) is 11.0. The molecule has 0 radical (unpaired) electrons. The molecule has 1 saturated carbocycles. The molecule has 0 bridgehead atoms. The van der Waals surface area contributed by atoms with E-state index in [0.717, 1.165) is 37.9 Å². The van der Waals surface area contributed by atoms with Crippen LogP contribution in [0.25, 0.3) is 0 Å². The molecule has 2 atom stereocenters. The molecular weight excluding hydrogens is 312 g/mol. The van der Waals surface area contributed by atoms with Gasteiger partial charge in [-0.1, -0.05) is 59.8 Å². The van der Waals surface area contributed by atoms with Gasteiger partial charge in [0.1, 0.15) is 0 Å². The summed E-state index contributed by atoms with van der Waals surface area (Å²) >= 11 is 0. The molecule has 0 aromatic rings. The van der Waals surface area contributed by atoms with Crippen LogP contribution in [0.15, 0.2) is 24.3 Å². The number of hydrogen-bond donors (Lipinski definition) is 0. The Morgan fingerprint density at radius 3 is 2.50 bits per heavy atom. The number of ketones is 1. The van der Waals surface area contributed by atoms with Crippen molar-refractivity contribution in [3.8, 4) is 0 Å². The van der Waals surface area contributed by atoms with Gasteiger partial charge in [-0.2, -0.15) is 0 Å². The molecule has 0 N–H and O–H groups in total. The summed E-state index contributed by atoms with van der Waals surface area (Å²) in [5, 5.41) is 0.267. The number of unbranched alkanes of at least 4 members (excludes halogenated alkanes) is 1. The van der Waals surface area contributed by atoms with E-state index in [-0.39, 0.29) is 10.5 Å². The number of rotatable bonds is 7. The summed E-state index contributed by atoms with van der Waals surface area (Å²) in [7, 11) is -1.64. The highest BCUT2D eigenvalue weighted by Crippen LogP contribution is 2.47. The Morgan fingerprint density at radius 1 is 1.33 bits per heavy atom. The number of hydrogen-bond acceptors (Lipinski definition) is 2. The second-order valence-corrected chi connectivity index (χ2v) is 14.0. The quantitative estimate of drug-likeness (QED) is 0.306. The molecule has 0 heterocycles. The van der Waals surface area contributed by atoms with Crippen molar-refractivity contribution in [1.29, 1.82) is 0 Å². The van der Waals surface area contributed by atoms with Crippen molar-refractivity contribution >= 4 is 14.1 Å². The zero-order chi connectivity index (χ0) is 18.6. The molecule has 0 spiro atoms. The van der Waals surface area contributed by atoms with Crippen LogP contribution in [-0.2, 0) is 9.22 Å². The normalized spacial score (nSPS) is 27.5. The molecule has 2 nitrogen and oxygen atoms in total. The lowest BCUT2D eigenvalue weighted by molar-refractivity contribution is -0.119. The summed E-state index contributed by atoms with van der Waals surface area (Å²) in [6, 6.07) is 0. The van der Waals surface area contributed by atoms with Crippen molar-refractivity contribution in [3.05, 3.63) is 24.3 Å². The zero-order valence-corrected chi connectivity index (χ0v) is 18.0. The molecule has 0 aromatic carbocycles. The van der Waals surface area contributed by atoms with Crippen molar-refractivity contribution in [3.63, 3.8) is 0 Å². The van der Waals surface area contributed by atoms with Gasteiger partial charge >= 0.3 is 0 Å². The van der Waals surface area contributed by atoms with Crippen LogP contribution in [0, 0.1) is 11.3 Å². The fourth-order valence-corrected chi connectivity index (χ4v) is 4.39. The lowest BCUT2D eigenvalue weighted by Crippen LogP contribution is -2.41. The van der Waals surface area contributed by atoms with Crippen LogP contribution in [0.5, 0.6) is 0 Å². The van der Waals surface area contributed by atoms with Gasteiger partial charge in [-0.15, -0.1) is 0 Å². The molecule has 0 aromatic heterocycles. The van der Waals surface area contributed by atoms with E-state index in [1.165, 1.54) is 0 Å². The van der Waals surface area contributed by atoms with Crippen molar-refractivity contribution < 1.29 is 9.22 Å². The first kappa shape index (κ1) is 21.4. The summed E-state index contributed by atoms with van der Waals surface area (Å²) in [5.74, 6) is 0.857. The van der Waals surface area contributed by atoms with Crippen molar-refractivity contribution in [2.24, 2.45) is 11.3 Å². The highest BCUT2D eigenvalue weighted by molar-refractivity contribution is 6.74. The maximum atomic E-state index is 12.3. The Balaban J connectivity index is 2.60. The van der Waals surface area contributed by atoms with E-state index >= 15 is 0 Å². The van der Waals surface area contributed by atoms with E-state index in [0.29, 0.717) is 18.1 Å². The smallest absolute Gasteiger partial charge is 0.191 e. The first-order valence-electron chi connectivity index (χ1n) is 9.46. The average molecular weight is 351 g/mol. The van der Waals surface area contributed by atoms with Crippen LogP contribution in [0.1, 0.15) is 66.7 Å². The lowest BCUT2D eigenvalue weighted by Gasteiger charge is -2.41. The van der Waals surface area contributed by atoms with Gasteiger partial charge in [0.15, 0.2) is 14.1 Å². The predicted molar refractivity (Wildman–Crippen MR) is 107 cm³/mol. The Kier molecular flexibility index (Phi) is 7.25. The van der Waals surface area contributed by atoms with Crippen LogP contribution < -0.4 is 0 Å². The van der Waals surface area contributed by atoms with Gasteiger partial charge in [-0.05, 0) is 48.7 Å². The van der Waals surface area contributed by atoms with E-state index in [9.17, 15) is 4.79 Å². The molecule has 1 aliphatic rings. The molecule has 24 heavy (non-hydrogen) atoms. The largest absolute Gasteiger partial charge is 0.417 e. The second kappa shape index (κ2) is 8.14. The molecule has 138 valence electrons. The number of carbonyl (C=O) groups excluding carboxylic acids is 1. The molecular formula is C21H38O2Si. The van der Waals surface area contributed by atoms with Crippen LogP contribution in [-0.4, -0.2) is 20.7 Å². The minimum Gasteiger partial charge on any atom is -0.417 e. The summed E-state index contributed by atoms with van der Waals surface area (Å²) in [6.07, 6.45) is 8.64. The lowest BCUT2D eigenvalue weighted by atomic mass is 9.62. The minimum absolute atomic E-state index is 0.0134. The van der Waals surface area contributed by atoms with Gasteiger partial charge in [-0.25, -0.2) is 0 Å². The van der Waals surface area contributed by atoms with Gasteiger partial charge < -0.3 is 4.43 Å². The molecule has 1 fully saturated rings. The third-order valence-electron chi connectivity index (χ3n) is 6.45. The highest BCUT2D eigenvalue weighted by atomic mass is 28.4. The maximum Gasteiger partial charge on any atom is 0.191 e. The summed E-state index contributed by atoms with van der Waals surface area (Å²) in [4.78, 5) is 12.3. The van der Waals surface area contributed by atoms with E-state index in [4.69, 9.17) is 4.43 Å². The maximum absolute atomic E-state index is 12.3. The van der Waals surface area contributed by atoms with E-state index in [1.807, 2.05) is 6.08 Å². The number of carbonyl (C=O) groups is 1. The van der Waals surface area contributed by atoms with Crippen LogP contribution in [0.2, 0.25) is 18.1 Å². The highest BCUT2D eigenvalue weighted by Gasteiger charge is 2.41. The van der Waals surface area contributed by atoms with Gasteiger partial charge in [0.05, 0.1) is 0 Å². The summed E-state index contributed by atoms with van der Waals surface area (Å²) < 4.78 is 6.28. The summed E-state index contributed by atoms with van der Waals surface area (Å²) in [5.41, 5.74) is 0.974. The SMILES string of the molecule is C=C/C=C1\C(=O)CC[C@@H](C)[C@]1(C)CCCCO[Si](C)(C)C(C)(C)C. The zero-order valence-electron chi connectivity index (χ0n) is 17.0. The molecule has 1 aliphatic carbocycles. The monoisotopic (exact) mass is 350 g/mol. The van der Waals surface area contributed by atoms with E-state index in [1.54, 1.807) is 6.08 Å². The fourth-order valence-electron chi connectivity index (χ4n) is 3.31. The third kappa shape index (κ3) is 4.92. The van der Waals surface area contributed by atoms with Crippen LogP contribution in [0.3, 0.4) is 0 Å². The van der Waals surface area contributed by atoms with Gasteiger partial charge in [0, 0.05) is 18.6 Å². The van der Waals surface area contributed by atoms with Crippen molar-refractivity contribution in [1.82, 2.24) is 0 Å². The predicted octanol–water partition coefficient (Wildman–Crippen LogP) is 6.30. The molecule has 0 unspecified atom stereocenters. The van der Waals surface area contributed by atoms with E-state index < -0.39 is 8.32 Å². The Morgan fingerprint density at radius 2 is 1.96 bits per heavy atom. The number of allylic oxidation sites excluding steroid dienone is 3. The van der Waals surface area contributed by atoms with E-state index in [2.05, 4.69) is 54.3 Å². The first-order valence-corrected chi connectivity index (χ1v) is 12.4. The Hall–Kier alpha value is -0.673. The molecule has 3 heteroatoms. The minimum atomic E-state index is -1.64. The van der Waals surface area contributed by atoms with Crippen molar-refractivity contribution in [2.75, 3.05) is 6.61 Å². The molecule has 0 aliphatic heterocycles. The average Bonchev–Trinajstić information content (AvgIpc) is 2.46. The standard InChI is InChI=1S/C21H38O2Si/c1-9-12-18-19(22)14-13-17(2)21(18,6)15-10-11-16-23-24(7,8)20(3,4)5/h9,12,17H,1,10-11,13-16H2,2-8H3/b18-12+/t17-,21+/m1/s1. The Bertz CT molecular complexity index is 485. The van der Waals surface area contributed by atoms with Crippen molar-refractivity contribution in [2.45, 2.75) is 84.9 Å². The van der Waals surface area contributed by atoms with Gasteiger partial charge in [0.2, 0.25) is 0 Å². The topological polar surface area (TPSA) is 26.3 Å². The second-order valence-electron chi connectivity index (χ2n) is 9.16. The number of Topliss-reactive ketones (excluding diaryl/α,β-unsaturated/α-hetero) is 1. The molecule has 0 saturated heterocycles. The fraction of sp³-hybridized carbons (Fsp3) is 0.762. The molecule has 0 amide bonds. The van der Waals surface area contributed by atoms with Crippen LogP contribution in [0.4, 0.5) is 0 Å².